The normalized spacial score (nSPS) is 11.4. The second kappa shape index (κ2) is 7.41. The fourth-order valence-corrected chi connectivity index (χ4v) is 1.80. The van der Waals surface area contributed by atoms with Crippen LogP contribution in [0.4, 0.5) is 5.69 Å². The summed E-state index contributed by atoms with van der Waals surface area (Å²) in [4.78, 5) is 14.1. The fraction of sp³-hybridized carbons (Fsp3) is 0.562. The number of benzene rings is 1. The lowest BCUT2D eigenvalue weighted by atomic mass is 10.2. The topological polar surface area (TPSA) is 55.6 Å². The van der Waals surface area contributed by atoms with E-state index in [2.05, 4.69) is 0 Å². The van der Waals surface area contributed by atoms with Crippen LogP contribution in [0.1, 0.15) is 32.8 Å². The number of hydrogen-bond acceptors (Lipinski definition) is 3. The third-order valence-corrected chi connectivity index (χ3v) is 2.83. The van der Waals surface area contributed by atoms with E-state index in [0.717, 1.165) is 17.7 Å². The number of anilines is 1. The van der Waals surface area contributed by atoms with Crippen molar-refractivity contribution < 1.29 is 9.53 Å². The molecule has 1 amide bonds. The lowest BCUT2D eigenvalue weighted by molar-refractivity contribution is -0.127. The van der Waals surface area contributed by atoms with Gasteiger partial charge in [0.05, 0.1) is 5.60 Å². The Hall–Kier alpha value is -1.39. The minimum absolute atomic E-state index is 0.0287. The van der Waals surface area contributed by atoms with E-state index in [0.29, 0.717) is 13.1 Å². The maximum atomic E-state index is 12.4. The summed E-state index contributed by atoms with van der Waals surface area (Å²) in [6, 6.07) is 7.92. The molecule has 0 saturated carbocycles. The van der Waals surface area contributed by atoms with Gasteiger partial charge in [-0.2, -0.15) is 0 Å². The zero-order valence-corrected chi connectivity index (χ0v) is 13.0. The van der Waals surface area contributed by atoms with Crippen molar-refractivity contribution in [2.45, 2.75) is 39.7 Å². The van der Waals surface area contributed by atoms with Gasteiger partial charge in [0, 0.05) is 12.2 Å². The molecule has 0 aliphatic carbocycles. The van der Waals surface area contributed by atoms with E-state index in [1.165, 1.54) is 0 Å². The van der Waals surface area contributed by atoms with E-state index in [1.807, 2.05) is 52.0 Å². The molecule has 1 rings (SSSR count). The van der Waals surface area contributed by atoms with Crippen molar-refractivity contribution in [3.8, 4) is 0 Å². The van der Waals surface area contributed by atoms with Gasteiger partial charge in [0.1, 0.15) is 6.61 Å². The summed E-state index contributed by atoms with van der Waals surface area (Å²) in [6.45, 7) is 9.11. The zero-order chi connectivity index (χ0) is 15.2. The maximum Gasteiger partial charge on any atom is 0.253 e. The molecular formula is C16H26N2O2. The van der Waals surface area contributed by atoms with Crippen LogP contribution in [0.15, 0.2) is 24.3 Å². The molecule has 0 aliphatic heterocycles. The highest BCUT2D eigenvalue weighted by Gasteiger charge is 2.19. The summed E-state index contributed by atoms with van der Waals surface area (Å²) in [5, 5.41) is 0. The number of carbonyl (C=O) groups excluding carboxylic acids is 1. The van der Waals surface area contributed by atoms with Crippen molar-refractivity contribution in [1.29, 1.82) is 0 Å². The van der Waals surface area contributed by atoms with Gasteiger partial charge >= 0.3 is 0 Å². The Morgan fingerprint density at radius 2 is 2.05 bits per heavy atom. The lowest BCUT2D eigenvalue weighted by Crippen LogP contribution is -2.37. The van der Waals surface area contributed by atoms with Crippen molar-refractivity contribution >= 4 is 11.6 Å². The van der Waals surface area contributed by atoms with Gasteiger partial charge in [0.2, 0.25) is 0 Å². The highest BCUT2D eigenvalue weighted by Crippen LogP contribution is 2.17. The maximum absolute atomic E-state index is 12.4. The van der Waals surface area contributed by atoms with Crippen LogP contribution in [-0.2, 0) is 9.53 Å². The quantitative estimate of drug-likeness (QED) is 0.870. The molecular weight excluding hydrogens is 252 g/mol. The average Bonchev–Trinajstić information content (AvgIpc) is 2.36. The van der Waals surface area contributed by atoms with Gasteiger partial charge in [0.25, 0.3) is 5.91 Å². The van der Waals surface area contributed by atoms with Crippen LogP contribution < -0.4 is 10.6 Å². The molecule has 112 valence electrons. The van der Waals surface area contributed by atoms with Crippen LogP contribution in [0, 0.1) is 6.92 Å². The molecule has 0 heterocycles. The first-order valence-corrected chi connectivity index (χ1v) is 7.04. The summed E-state index contributed by atoms with van der Waals surface area (Å²) in [5.74, 6) is -0.0287. The Kier molecular flexibility index (Phi) is 6.17. The largest absolute Gasteiger partial charge is 0.366 e. The van der Waals surface area contributed by atoms with Crippen LogP contribution in [0.5, 0.6) is 0 Å². The van der Waals surface area contributed by atoms with E-state index >= 15 is 0 Å². The van der Waals surface area contributed by atoms with Gasteiger partial charge in [-0.3, -0.25) is 4.79 Å². The number of carbonyl (C=O) groups is 1. The van der Waals surface area contributed by atoms with Gasteiger partial charge in [-0.1, -0.05) is 12.1 Å². The van der Waals surface area contributed by atoms with Crippen LogP contribution in [0.2, 0.25) is 0 Å². The number of nitrogens with zero attached hydrogens (tertiary/aromatic N) is 1. The van der Waals surface area contributed by atoms with Crippen molar-refractivity contribution in [2.75, 3.05) is 24.6 Å². The molecule has 20 heavy (non-hydrogen) atoms. The predicted octanol–water partition coefficient (Wildman–Crippen LogP) is 2.49. The Bertz CT molecular complexity index is 438. The molecule has 0 radical (unpaired) electrons. The van der Waals surface area contributed by atoms with Gasteiger partial charge < -0.3 is 15.4 Å². The summed E-state index contributed by atoms with van der Waals surface area (Å²) in [6.07, 6.45) is 0.773. The van der Waals surface area contributed by atoms with Crippen molar-refractivity contribution in [3.05, 3.63) is 29.8 Å². The molecule has 0 fully saturated rings. The molecule has 0 spiro atoms. The monoisotopic (exact) mass is 278 g/mol. The van der Waals surface area contributed by atoms with E-state index in [-0.39, 0.29) is 18.1 Å². The van der Waals surface area contributed by atoms with Crippen molar-refractivity contribution in [2.24, 2.45) is 5.73 Å². The smallest absolute Gasteiger partial charge is 0.253 e. The number of hydrogen-bond donors (Lipinski definition) is 1. The number of amides is 1. The van der Waals surface area contributed by atoms with Gasteiger partial charge in [-0.25, -0.2) is 0 Å². The molecule has 4 heteroatoms. The van der Waals surface area contributed by atoms with E-state index in [9.17, 15) is 4.79 Å². The third kappa shape index (κ3) is 5.72. The molecule has 0 aromatic heterocycles. The summed E-state index contributed by atoms with van der Waals surface area (Å²) < 4.78 is 5.58. The average molecular weight is 278 g/mol. The van der Waals surface area contributed by atoms with E-state index in [1.54, 1.807) is 4.90 Å². The van der Waals surface area contributed by atoms with Crippen LogP contribution in [-0.4, -0.2) is 31.2 Å². The molecule has 0 saturated heterocycles. The first-order chi connectivity index (χ1) is 9.33. The summed E-state index contributed by atoms with van der Waals surface area (Å²) in [7, 11) is 0. The first-order valence-electron chi connectivity index (χ1n) is 7.04. The Labute approximate surface area is 121 Å². The van der Waals surface area contributed by atoms with Crippen LogP contribution >= 0.6 is 0 Å². The molecule has 0 atom stereocenters. The SMILES string of the molecule is Cc1cccc(N(CCCN)C(=O)COC(C)(C)C)c1. The van der Waals surface area contributed by atoms with E-state index < -0.39 is 0 Å². The molecule has 2 N–H and O–H groups in total. The second-order valence-electron chi connectivity index (χ2n) is 5.93. The first kappa shape index (κ1) is 16.7. The lowest BCUT2D eigenvalue weighted by Gasteiger charge is -2.26. The second-order valence-corrected chi connectivity index (χ2v) is 5.93. The highest BCUT2D eigenvalue weighted by molar-refractivity contribution is 5.94. The number of aryl methyl sites for hydroxylation is 1. The van der Waals surface area contributed by atoms with Gasteiger partial charge in [-0.15, -0.1) is 0 Å². The fourth-order valence-electron chi connectivity index (χ4n) is 1.80. The molecule has 0 aliphatic rings. The molecule has 1 aromatic carbocycles. The van der Waals surface area contributed by atoms with Gasteiger partial charge in [-0.05, 0) is 58.4 Å². The Balaban J connectivity index is 2.80. The molecule has 4 nitrogen and oxygen atoms in total. The van der Waals surface area contributed by atoms with Crippen molar-refractivity contribution in [3.63, 3.8) is 0 Å². The molecule has 0 bridgehead atoms. The minimum Gasteiger partial charge on any atom is -0.366 e. The molecule has 1 aromatic rings. The standard InChI is InChI=1S/C16H26N2O2/c1-13-7-5-8-14(11-13)18(10-6-9-17)15(19)12-20-16(2,3)4/h5,7-8,11H,6,9-10,12,17H2,1-4H3. The number of ether oxygens (including phenoxy) is 1. The van der Waals surface area contributed by atoms with Gasteiger partial charge in [0.15, 0.2) is 0 Å². The van der Waals surface area contributed by atoms with E-state index in [4.69, 9.17) is 10.5 Å². The number of nitrogens with two attached hydrogens (primary N) is 1. The Morgan fingerprint density at radius 1 is 1.35 bits per heavy atom. The minimum atomic E-state index is -0.318. The predicted molar refractivity (Wildman–Crippen MR) is 82.9 cm³/mol. The zero-order valence-electron chi connectivity index (χ0n) is 13.0. The van der Waals surface area contributed by atoms with Crippen LogP contribution in [0.3, 0.4) is 0 Å². The Morgan fingerprint density at radius 3 is 2.60 bits per heavy atom. The summed E-state index contributed by atoms with van der Waals surface area (Å²) in [5.41, 5.74) is 7.27. The third-order valence-electron chi connectivity index (χ3n) is 2.83. The summed E-state index contributed by atoms with van der Waals surface area (Å²) >= 11 is 0. The highest BCUT2D eigenvalue weighted by atomic mass is 16.5. The van der Waals surface area contributed by atoms with Crippen molar-refractivity contribution in [1.82, 2.24) is 0 Å². The molecule has 0 unspecified atom stereocenters. The van der Waals surface area contributed by atoms with Crippen LogP contribution in [0.25, 0.3) is 0 Å². The number of rotatable bonds is 6.